The number of rotatable bonds is 2. The minimum Gasteiger partial charge on any atom is -0.341 e. The smallest absolute Gasteiger partial charge is 0.270 e. The summed E-state index contributed by atoms with van der Waals surface area (Å²) >= 11 is 0. The molecule has 0 aliphatic carbocycles. The Kier molecular flexibility index (Phi) is 3.03. The molecule has 0 bridgehead atoms. The van der Waals surface area contributed by atoms with Crippen LogP contribution in [0.15, 0.2) is 6.07 Å². The summed E-state index contributed by atoms with van der Waals surface area (Å²) in [6.45, 7) is 8.90. The predicted molar refractivity (Wildman–Crippen MR) is 64.7 cm³/mol. The van der Waals surface area contributed by atoms with Crippen LogP contribution in [-0.4, -0.2) is 28.5 Å². The summed E-state index contributed by atoms with van der Waals surface area (Å²) in [4.78, 5) is 14.3. The number of likely N-dealkylation sites (tertiary alicyclic amines) is 1. The molecular weight excluding hydrogens is 200 g/mol. The largest absolute Gasteiger partial charge is 0.341 e. The molecule has 1 fully saturated rings. The number of nitrogens with zero attached hydrogens (tertiary/aromatic N) is 2. The van der Waals surface area contributed by atoms with Gasteiger partial charge in [-0.15, -0.1) is 0 Å². The van der Waals surface area contributed by atoms with E-state index in [4.69, 9.17) is 0 Å². The van der Waals surface area contributed by atoms with E-state index in [-0.39, 0.29) is 5.91 Å². The van der Waals surface area contributed by atoms with E-state index in [2.05, 4.69) is 24.5 Å². The normalized spacial score (nSPS) is 15.8. The zero-order valence-corrected chi connectivity index (χ0v) is 10.4. The monoisotopic (exact) mass is 220 g/mol. The van der Waals surface area contributed by atoms with Gasteiger partial charge in [0.15, 0.2) is 0 Å². The molecule has 0 saturated carbocycles. The third-order valence-corrected chi connectivity index (χ3v) is 3.41. The topological polar surface area (TPSA) is 25.2 Å². The van der Waals surface area contributed by atoms with E-state index in [1.54, 1.807) is 0 Å². The molecule has 1 aromatic rings. The van der Waals surface area contributed by atoms with E-state index in [9.17, 15) is 4.79 Å². The van der Waals surface area contributed by atoms with Crippen LogP contribution in [-0.2, 0) is 6.54 Å². The number of carbonyl (C=O) groups excluding carboxylic acids is 1. The number of aryl methyl sites for hydroxylation is 2. The summed E-state index contributed by atoms with van der Waals surface area (Å²) in [5, 5.41) is 0. The van der Waals surface area contributed by atoms with Gasteiger partial charge in [0.2, 0.25) is 0 Å². The molecule has 1 amide bonds. The first-order chi connectivity index (χ1) is 7.65. The van der Waals surface area contributed by atoms with Crippen LogP contribution in [0.2, 0.25) is 0 Å². The Morgan fingerprint density at radius 2 is 1.94 bits per heavy atom. The average Bonchev–Trinajstić information content (AvgIpc) is 2.84. The highest BCUT2D eigenvalue weighted by Crippen LogP contribution is 2.19. The lowest BCUT2D eigenvalue weighted by atomic mass is 10.2. The fourth-order valence-corrected chi connectivity index (χ4v) is 2.61. The van der Waals surface area contributed by atoms with Crippen LogP contribution in [0.3, 0.4) is 0 Å². The first-order valence-corrected chi connectivity index (χ1v) is 6.11. The minimum atomic E-state index is 0.213. The molecule has 1 aromatic heterocycles. The second-order valence-corrected chi connectivity index (χ2v) is 4.56. The Labute approximate surface area is 97.1 Å². The molecule has 0 spiro atoms. The zero-order chi connectivity index (χ0) is 11.7. The molecule has 0 unspecified atom stereocenters. The number of amides is 1. The van der Waals surface area contributed by atoms with Gasteiger partial charge in [0, 0.05) is 25.3 Å². The van der Waals surface area contributed by atoms with Gasteiger partial charge < -0.3 is 9.47 Å². The van der Waals surface area contributed by atoms with Gasteiger partial charge in [-0.25, -0.2) is 0 Å². The van der Waals surface area contributed by atoms with E-state index in [1.165, 1.54) is 5.69 Å². The Bertz CT molecular complexity index is 400. The van der Waals surface area contributed by atoms with Crippen LogP contribution in [0.4, 0.5) is 0 Å². The molecule has 3 nitrogen and oxygen atoms in total. The quantitative estimate of drug-likeness (QED) is 0.751. The molecule has 2 heterocycles. The summed E-state index contributed by atoms with van der Waals surface area (Å²) in [7, 11) is 0. The van der Waals surface area contributed by atoms with Gasteiger partial charge >= 0.3 is 0 Å². The Morgan fingerprint density at radius 1 is 1.31 bits per heavy atom. The molecule has 2 rings (SSSR count). The van der Waals surface area contributed by atoms with E-state index in [0.717, 1.165) is 43.7 Å². The Balaban J connectivity index is 2.34. The van der Waals surface area contributed by atoms with Crippen molar-refractivity contribution < 1.29 is 4.79 Å². The summed E-state index contributed by atoms with van der Waals surface area (Å²) in [5.74, 6) is 0.213. The zero-order valence-electron chi connectivity index (χ0n) is 10.4. The second kappa shape index (κ2) is 4.32. The SMILES string of the molecule is CCn1c(C)cc(C)c1C(=O)N1CCCC1. The molecule has 0 aromatic carbocycles. The van der Waals surface area contributed by atoms with E-state index < -0.39 is 0 Å². The molecular formula is C13H20N2O. The predicted octanol–water partition coefficient (Wildman–Crippen LogP) is 2.36. The highest BCUT2D eigenvalue weighted by Gasteiger charge is 2.24. The lowest BCUT2D eigenvalue weighted by Gasteiger charge is -2.17. The fourth-order valence-electron chi connectivity index (χ4n) is 2.61. The van der Waals surface area contributed by atoms with Crippen molar-refractivity contribution in [3.05, 3.63) is 23.0 Å². The second-order valence-electron chi connectivity index (χ2n) is 4.56. The van der Waals surface area contributed by atoms with Gasteiger partial charge in [0.05, 0.1) is 0 Å². The standard InChI is InChI=1S/C13H20N2O/c1-4-15-11(3)9-10(2)12(15)13(16)14-7-5-6-8-14/h9H,4-8H2,1-3H3. The third-order valence-electron chi connectivity index (χ3n) is 3.41. The van der Waals surface area contributed by atoms with Crippen molar-refractivity contribution in [2.24, 2.45) is 0 Å². The maximum absolute atomic E-state index is 12.4. The lowest BCUT2D eigenvalue weighted by molar-refractivity contribution is 0.0781. The summed E-state index contributed by atoms with van der Waals surface area (Å²) in [5.41, 5.74) is 3.18. The molecule has 0 atom stereocenters. The summed E-state index contributed by atoms with van der Waals surface area (Å²) in [6, 6.07) is 2.10. The van der Waals surface area contributed by atoms with Gasteiger partial charge in [0.25, 0.3) is 5.91 Å². The van der Waals surface area contributed by atoms with Crippen LogP contribution < -0.4 is 0 Å². The van der Waals surface area contributed by atoms with Crippen LogP contribution in [0, 0.1) is 13.8 Å². The highest BCUT2D eigenvalue weighted by molar-refractivity contribution is 5.94. The fraction of sp³-hybridized carbons (Fsp3) is 0.615. The molecule has 1 aliphatic rings. The first-order valence-electron chi connectivity index (χ1n) is 6.11. The van der Waals surface area contributed by atoms with Crippen molar-refractivity contribution in [1.82, 2.24) is 9.47 Å². The van der Waals surface area contributed by atoms with E-state index in [1.807, 2.05) is 11.8 Å². The molecule has 0 radical (unpaired) electrons. The third kappa shape index (κ3) is 1.75. The van der Waals surface area contributed by atoms with Crippen LogP contribution in [0.5, 0.6) is 0 Å². The van der Waals surface area contributed by atoms with Crippen LogP contribution in [0.25, 0.3) is 0 Å². The number of aromatic nitrogens is 1. The van der Waals surface area contributed by atoms with E-state index in [0.29, 0.717) is 0 Å². The molecule has 88 valence electrons. The molecule has 16 heavy (non-hydrogen) atoms. The molecule has 3 heteroatoms. The number of carbonyl (C=O) groups is 1. The van der Waals surface area contributed by atoms with Crippen molar-refractivity contribution in [1.29, 1.82) is 0 Å². The first kappa shape index (κ1) is 11.2. The van der Waals surface area contributed by atoms with Gasteiger partial charge in [-0.3, -0.25) is 4.79 Å². The van der Waals surface area contributed by atoms with Gasteiger partial charge in [-0.1, -0.05) is 0 Å². The average molecular weight is 220 g/mol. The summed E-state index contributed by atoms with van der Waals surface area (Å²) in [6.07, 6.45) is 2.30. The lowest BCUT2D eigenvalue weighted by Crippen LogP contribution is -2.30. The van der Waals surface area contributed by atoms with Crippen LogP contribution >= 0.6 is 0 Å². The summed E-state index contributed by atoms with van der Waals surface area (Å²) < 4.78 is 2.12. The maximum Gasteiger partial charge on any atom is 0.270 e. The van der Waals surface area contributed by atoms with Crippen molar-refractivity contribution in [2.75, 3.05) is 13.1 Å². The van der Waals surface area contributed by atoms with Gasteiger partial charge in [-0.05, 0) is 45.2 Å². The highest BCUT2D eigenvalue weighted by atomic mass is 16.2. The maximum atomic E-state index is 12.4. The Morgan fingerprint density at radius 3 is 2.50 bits per heavy atom. The number of hydrogen-bond acceptors (Lipinski definition) is 1. The Hall–Kier alpha value is -1.25. The number of hydrogen-bond donors (Lipinski definition) is 0. The van der Waals surface area contributed by atoms with Crippen LogP contribution in [0.1, 0.15) is 41.5 Å². The minimum absolute atomic E-state index is 0.213. The van der Waals surface area contributed by atoms with Gasteiger partial charge in [-0.2, -0.15) is 0 Å². The molecule has 1 saturated heterocycles. The van der Waals surface area contributed by atoms with Crippen molar-refractivity contribution in [2.45, 2.75) is 40.2 Å². The van der Waals surface area contributed by atoms with E-state index >= 15 is 0 Å². The van der Waals surface area contributed by atoms with Crippen molar-refractivity contribution in [3.8, 4) is 0 Å². The molecule has 1 aliphatic heterocycles. The van der Waals surface area contributed by atoms with Crippen molar-refractivity contribution in [3.63, 3.8) is 0 Å². The van der Waals surface area contributed by atoms with Crippen molar-refractivity contribution >= 4 is 5.91 Å². The van der Waals surface area contributed by atoms with Gasteiger partial charge in [0.1, 0.15) is 5.69 Å². The molecule has 0 N–H and O–H groups in total.